The van der Waals surface area contributed by atoms with Crippen molar-refractivity contribution in [1.29, 1.82) is 0 Å². The quantitative estimate of drug-likeness (QED) is 0.234. The minimum Gasteiger partial charge on any atom is -0.287 e. The van der Waals surface area contributed by atoms with Gasteiger partial charge in [0.1, 0.15) is 5.65 Å². The molecule has 0 spiro atoms. The van der Waals surface area contributed by atoms with Crippen LogP contribution in [0.15, 0.2) is 75.1 Å². The Kier molecular flexibility index (Phi) is 6.13. The van der Waals surface area contributed by atoms with Gasteiger partial charge in [-0.3, -0.25) is 18.6 Å². The van der Waals surface area contributed by atoms with E-state index in [0.29, 0.717) is 39.7 Å². The second kappa shape index (κ2) is 9.35. The van der Waals surface area contributed by atoms with Crippen LogP contribution in [0.2, 0.25) is 0 Å². The summed E-state index contributed by atoms with van der Waals surface area (Å²) in [5.41, 5.74) is 4.31. The van der Waals surface area contributed by atoms with E-state index in [1.165, 1.54) is 30.2 Å². The summed E-state index contributed by atoms with van der Waals surface area (Å²) in [6, 6.07) is 12.8. The van der Waals surface area contributed by atoms with E-state index in [-0.39, 0.29) is 11.1 Å². The molecule has 4 aromatic rings. The van der Waals surface area contributed by atoms with Gasteiger partial charge in [-0.05, 0) is 62.8 Å². The third kappa shape index (κ3) is 4.64. The molecule has 0 N–H and O–H groups in total. The van der Waals surface area contributed by atoms with Gasteiger partial charge in [0, 0.05) is 24.6 Å². The largest absolute Gasteiger partial charge is 0.287 e. The van der Waals surface area contributed by atoms with Gasteiger partial charge in [-0.2, -0.15) is 0 Å². The van der Waals surface area contributed by atoms with Crippen LogP contribution >= 0.6 is 11.8 Å². The number of hydrogen-bond acceptors (Lipinski definition) is 5. The number of pyridine rings is 1. The highest BCUT2D eigenvalue weighted by Gasteiger charge is 2.14. The van der Waals surface area contributed by atoms with Crippen molar-refractivity contribution < 1.29 is 0 Å². The Balaban J connectivity index is 1.47. The lowest BCUT2D eigenvalue weighted by molar-refractivity contribution is 0.569. The minimum atomic E-state index is -0.104. The summed E-state index contributed by atoms with van der Waals surface area (Å²) < 4.78 is 3.35. The summed E-state index contributed by atoms with van der Waals surface area (Å²) in [7, 11) is 0. The van der Waals surface area contributed by atoms with Gasteiger partial charge < -0.3 is 0 Å². The van der Waals surface area contributed by atoms with E-state index in [1.54, 1.807) is 21.2 Å². The minimum absolute atomic E-state index is 0.0125. The van der Waals surface area contributed by atoms with Crippen molar-refractivity contribution in [1.82, 2.24) is 18.9 Å². The fraction of sp³-hybridized carbons (Fsp3) is 0.308. The second-order valence-electron chi connectivity index (χ2n) is 8.54. The highest BCUT2D eigenvalue weighted by Crippen LogP contribution is 2.24. The van der Waals surface area contributed by atoms with Crippen molar-refractivity contribution in [2.75, 3.05) is 0 Å². The molecule has 6 nitrogen and oxygen atoms in total. The van der Waals surface area contributed by atoms with E-state index in [0.717, 1.165) is 24.8 Å². The van der Waals surface area contributed by atoms with Crippen molar-refractivity contribution in [2.45, 2.75) is 56.5 Å². The lowest BCUT2D eigenvalue weighted by Gasteiger charge is -2.16. The molecule has 3 heterocycles. The van der Waals surface area contributed by atoms with Crippen molar-refractivity contribution in [3.05, 3.63) is 92.3 Å². The Morgan fingerprint density at radius 2 is 1.94 bits per heavy atom. The number of aryl methyl sites for hydroxylation is 1. The Morgan fingerprint density at radius 3 is 2.79 bits per heavy atom. The van der Waals surface area contributed by atoms with Crippen molar-refractivity contribution >= 4 is 28.3 Å². The molecular formula is C26H26N4O2S. The van der Waals surface area contributed by atoms with Gasteiger partial charge in [-0.15, -0.1) is 0 Å². The molecule has 33 heavy (non-hydrogen) atoms. The second-order valence-corrected chi connectivity index (χ2v) is 9.48. The van der Waals surface area contributed by atoms with E-state index in [9.17, 15) is 9.59 Å². The van der Waals surface area contributed by atoms with Crippen LogP contribution in [0.25, 0.3) is 16.6 Å². The first-order valence-corrected chi connectivity index (χ1v) is 12.4. The van der Waals surface area contributed by atoms with Crippen LogP contribution in [-0.2, 0) is 12.3 Å². The molecule has 3 aromatic heterocycles. The first kappa shape index (κ1) is 21.6. The first-order chi connectivity index (χ1) is 16.1. The SMILES string of the molecule is Cc1ccc2nc(CSc3nc4ccccc4c(=O)n3CCC3=CCCCC3)cc(=O)n2c1. The summed E-state index contributed by atoms with van der Waals surface area (Å²) in [6.07, 6.45) is 9.70. The van der Waals surface area contributed by atoms with Gasteiger partial charge in [-0.1, -0.05) is 41.6 Å². The topological polar surface area (TPSA) is 69.3 Å². The van der Waals surface area contributed by atoms with Crippen molar-refractivity contribution in [3.63, 3.8) is 0 Å². The summed E-state index contributed by atoms with van der Waals surface area (Å²) in [5, 5.41) is 1.30. The fourth-order valence-electron chi connectivity index (χ4n) is 4.31. The van der Waals surface area contributed by atoms with Crippen LogP contribution in [-0.4, -0.2) is 18.9 Å². The zero-order valence-electron chi connectivity index (χ0n) is 18.7. The van der Waals surface area contributed by atoms with Gasteiger partial charge in [0.2, 0.25) is 0 Å². The zero-order chi connectivity index (χ0) is 22.8. The predicted molar refractivity (Wildman–Crippen MR) is 133 cm³/mol. The van der Waals surface area contributed by atoms with Gasteiger partial charge in [0.05, 0.1) is 16.6 Å². The normalized spacial score (nSPS) is 14.0. The third-order valence-corrected chi connectivity index (χ3v) is 7.09. The number of fused-ring (bicyclic) bond motifs is 2. The van der Waals surface area contributed by atoms with Gasteiger partial charge in [0.25, 0.3) is 11.1 Å². The molecule has 0 aliphatic heterocycles. The average molecular weight is 459 g/mol. The van der Waals surface area contributed by atoms with Gasteiger partial charge >= 0.3 is 0 Å². The molecule has 168 valence electrons. The van der Waals surface area contributed by atoms with Crippen LogP contribution in [0, 0.1) is 6.92 Å². The Morgan fingerprint density at radius 1 is 1.06 bits per heavy atom. The molecule has 1 aromatic carbocycles. The smallest absolute Gasteiger partial charge is 0.262 e. The van der Waals surface area contributed by atoms with Crippen LogP contribution in [0.4, 0.5) is 0 Å². The molecule has 1 aliphatic rings. The summed E-state index contributed by atoms with van der Waals surface area (Å²) in [6.45, 7) is 2.56. The highest BCUT2D eigenvalue weighted by molar-refractivity contribution is 7.98. The maximum absolute atomic E-state index is 13.3. The molecule has 0 unspecified atom stereocenters. The molecule has 5 rings (SSSR count). The van der Waals surface area contributed by atoms with Crippen molar-refractivity contribution in [3.8, 4) is 0 Å². The number of thioether (sulfide) groups is 1. The Hall–Kier alpha value is -3.19. The number of benzene rings is 1. The molecule has 0 radical (unpaired) electrons. The maximum Gasteiger partial charge on any atom is 0.262 e. The number of para-hydroxylation sites is 1. The van der Waals surface area contributed by atoms with E-state index in [4.69, 9.17) is 4.98 Å². The summed E-state index contributed by atoms with van der Waals surface area (Å²) in [4.78, 5) is 35.3. The first-order valence-electron chi connectivity index (χ1n) is 11.4. The number of allylic oxidation sites excluding steroid dienone is 2. The molecule has 0 atom stereocenters. The average Bonchev–Trinajstić information content (AvgIpc) is 2.83. The lowest BCUT2D eigenvalue weighted by Crippen LogP contribution is -2.24. The highest BCUT2D eigenvalue weighted by atomic mass is 32.2. The molecule has 0 bridgehead atoms. The molecule has 1 aliphatic carbocycles. The maximum atomic E-state index is 13.3. The number of hydrogen-bond donors (Lipinski definition) is 0. The molecule has 7 heteroatoms. The van der Waals surface area contributed by atoms with Crippen LogP contribution in [0.1, 0.15) is 43.4 Å². The lowest BCUT2D eigenvalue weighted by atomic mass is 9.97. The van der Waals surface area contributed by atoms with Crippen molar-refractivity contribution in [2.24, 2.45) is 0 Å². The van der Waals surface area contributed by atoms with Gasteiger partial charge in [-0.25, -0.2) is 9.97 Å². The van der Waals surface area contributed by atoms with Crippen LogP contribution < -0.4 is 11.1 Å². The Bertz CT molecular complexity index is 1490. The van der Waals surface area contributed by atoms with E-state index in [1.807, 2.05) is 43.3 Å². The van der Waals surface area contributed by atoms with E-state index < -0.39 is 0 Å². The third-order valence-electron chi connectivity index (χ3n) is 6.08. The van der Waals surface area contributed by atoms with Gasteiger partial charge in [0.15, 0.2) is 5.16 Å². The fourth-order valence-corrected chi connectivity index (χ4v) is 5.23. The number of rotatable bonds is 6. The number of aromatic nitrogens is 4. The van der Waals surface area contributed by atoms with Crippen LogP contribution in [0.3, 0.4) is 0 Å². The summed E-state index contributed by atoms with van der Waals surface area (Å²) in [5.74, 6) is 0.465. The number of nitrogens with zero attached hydrogens (tertiary/aromatic N) is 4. The molecule has 0 amide bonds. The zero-order valence-corrected chi connectivity index (χ0v) is 19.5. The van der Waals surface area contributed by atoms with E-state index in [2.05, 4.69) is 11.1 Å². The summed E-state index contributed by atoms with van der Waals surface area (Å²) >= 11 is 1.46. The van der Waals surface area contributed by atoms with Crippen LogP contribution in [0.5, 0.6) is 0 Å². The Labute approximate surface area is 196 Å². The molecule has 0 fully saturated rings. The molecule has 0 saturated carbocycles. The molecule has 0 saturated heterocycles. The monoisotopic (exact) mass is 458 g/mol. The standard InChI is InChI=1S/C26H26N4O2S/c1-18-11-12-23-27-20(15-24(31)30(23)16-18)17-33-26-28-22-10-6-5-9-21(22)25(32)29(26)14-13-19-7-3-2-4-8-19/h5-7,9-12,15-16H,2-4,8,13-14,17H2,1H3. The van der Waals surface area contributed by atoms with E-state index >= 15 is 0 Å². The molecular weight excluding hydrogens is 432 g/mol. The predicted octanol–water partition coefficient (Wildman–Crippen LogP) is 4.90.